The summed E-state index contributed by atoms with van der Waals surface area (Å²) in [4.78, 5) is 23.8. The lowest BCUT2D eigenvalue weighted by atomic mass is 10.0. The minimum atomic E-state index is -0.635. The topological polar surface area (TPSA) is 67.4 Å². The van der Waals surface area contributed by atoms with Crippen molar-refractivity contribution < 1.29 is 14.3 Å². The summed E-state index contributed by atoms with van der Waals surface area (Å²) in [6, 6.07) is 6.56. The van der Waals surface area contributed by atoms with Gasteiger partial charge in [-0.05, 0) is 30.4 Å². The van der Waals surface area contributed by atoms with Crippen molar-refractivity contribution in [3.63, 3.8) is 0 Å². The molecule has 1 atom stereocenters. The summed E-state index contributed by atoms with van der Waals surface area (Å²) in [6.07, 6.45) is 1.36. The molecule has 0 aliphatic rings. The van der Waals surface area contributed by atoms with Crippen LogP contribution in [-0.4, -0.2) is 25.2 Å². The van der Waals surface area contributed by atoms with Crippen molar-refractivity contribution in [3.05, 3.63) is 29.8 Å². The average molecular weight is 292 g/mol. The van der Waals surface area contributed by atoms with Gasteiger partial charge in [-0.1, -0.05) is 39.0 Å². The van der Waals surface area contributed by atoms with Gasteiger partial charge in [0.1, 0.15) is 6.04 Å². The minimum Gasteiger partial charge on any atom is -0.467 e. The summed E-state index contributed by atoms with van der Waals surface area (Å²) in [5.74, 6) is -0.153. The summed E-state index contributed by atoms with van der Waals surface area (Å²) in [5, 5.41) is 5.46. The van der Waals surface area contributed by atoms with E-state index in [2.05, 4.69) is 10.6 Å². The summed E-state index contributed by atoms with van der Waals surface area (Å²) >= 11 is 0. The number of hydrogen-bond donors (Lipinski definition) is 2. The maximum atomic E-state index is 12.1. The highest BCUT2D eigenvalue weighted by Gasteiger charge is 2.22. The average Bonchev–Trinajstić information content (AvgIpc) is 2.45. The van der Waals surface area contributed by atoms with Crippen LogP contribution in [0.1, 0.15) is 32.8 Å². The molecule has 116 valence electrons. The zero-order valence-corrected chi connectivity index (χ0v) is 13.1. The van der Waals surface area contributed by atoms with E-state index in [0.29, 0.717) is 6.42 Å². The molecule has 5 heteroatoms. The van der Waals surface area contributed by atoms with Crippen LogP contribution >= 0.6 is 0 Å². The first-order valence-corrected chi connectivity index (χ1v) is 7.21. The molecular formula is C16H24N2O3. The molecule has 2 amide bonds. The Labute approximate surface area is 126 Å². The van der Waals surface area contributed by atoms with Crippen molar-refractivity contribution in [2.75, 3.05) is 12.4 Å². The van der Waals surface area contributed by atoms with Gasteiger partial charge in [-0.15, -0.1) is 0 Å². The van der Waals surface area contributed by atoms with E-state index in [1.807, 2.05) is 45.0 Å². The summed E-state index contributed by atoms with van der Waals surface area (Å²) in [5.41, 5.74) is 1.80. The van der Waals surface area contributed by atoms with E-state index in [0.717, 1.165) is 17.7 Å². The molecule has 0 aliphatic carbocycles. The van der Waals surface area contributed by atoms with Crippen molar-refractivity contribution in [1.82, 2.24) is 5.32 Å². The number of urea groups is 1. The van der Waals surface area contributed by atoms with Gasteiger partial charge in [-0.2, -0.15) is 0 Å². The van der Waals surface area contributed by atoms with E-state index >= 15 is 0 Å². The predicted molar refractivity (Wildman–Crippen MR) is 83.2 cm³/mol. The Morgan fingerprint density at radius 1 is 1.24 bits per heavy atom. The van der Waals surface area contributed by atoms with Crippen LogP contribution in [-0.2, 0) is 16.0 Å². The third-order valence-electron chi connectivity index (χ3n) is 3.14. The van der Waals surface area contributed by atoms with Crippen molar-refractivity contribution in [1.29, 1.82) is 0 Å². The van der Waals surface area contributed by atoms with Gasteiger partial charge in [0.25, 0.3) is 0 Å². The molecule has 1 aromatic rings. The second kappa shape index (κ2) is 8.29. The number of benzene rings is 1. The summed E-state index contributed by atoms with van der Waals surface area (Å²) < 4.78 is 4.73. The molecule has 0 spiro atoms. The van der Waals surface area contributed by atoms with Crippen molar-refractivity contribution in [3.8, 4) is 0 Å². The fraction of sp³-hybridized carbons (Fsp3) is 0.500. The van der Waals surface area contributed by atoms with Gasteiger partial charge in [0.15, 0.2) is 0 Å². The molecule has 1 unspecified atom stereocenters. The van der Waals surface area contributed by atoms with Gasteiger partial charge in [-0.3, -0.25) is 0 Å². The van der Waals surface area contributed by atoms with Crippen LogP contribution in [0.3, 0.4) is 0 Å². The quantitative estimate of drug-likeness (QED) is 0.792. The molecule has 0 aromatic heterocycles. The number of esters is 1. The van der Waals surface area contributed by atoms with E-state index < -0.39 is 18.0 Å². The Balaban J connectivity index is 2.71. The van der Waals surface area contributed by atoms with Crippen molar-refractivity contribution >= 4 is 17.7 Å². The molecule has 0 bridgehead atoms. The molecule has 0 aliphatic heterocycles. The number of rotatable bonds is 6. The van der Waals surface area contributed by atoms with Gasteiger partial charge in [0, 0.05) is 5.69 Å². The number of methoxy groups -OCH3 is 1. The molecule has 0 heterocycles. The Hall–Kier alpha value is -2.04. The lowest BCUT2D eigenvalue weighted by Crippen LogP contribution is -2.44. The van der Waals surface area contributed by atoms with Gasteiger partial charge in [0.05, 0.1) is 7.11 Å². The van der Waals surface area contributed by atoms with Gasteiger partial charge < -0.3 is 15.4 Å². The third-order valence-corrected chi connectivity index (χ3v) is 3.14. The first-order chi connectivity index (χ1) is 9.97. The van der Waals surface area contributed by atoms with E-state index in [4.69, 9.17) is 4.74 Å². The Bertz CT molecular complexity index is 486. The van der Waals surface area contributed by atoms with Crippen LogP contribution in [0.5, 0.6) is 0 Å². The normalized spacial score (nSPS) is 11.9. The zero-order valence-electron chi connectivity index (χ0n) is 13.1. The Morgan fingerprint density at radius 3 is 2.48 bits per heavy atom. The van der Waals surface area contributed by atoms with E-state index in [9.17, 15) is 9.59 Å². The highest BCUT2D eigenvalue weighted by atomic mass is 16.5. The predicted octanol–water partition coefficient (Wildman–Crippen LogP) is 2.96. The number of aryl methyl sites for hydroxylation is 1. The fourth-order valence-corrected chi connectivity index (χ4v) is 2.09. The van der Waals surface area contributed by atoms with Crippen molar-refractivity contribution in [2.45, 2.75) is 39.7 Å². The molecule has 2 N–H and O–H groups in total. The number of para-hydroxylation sites is 1. The lowest BCUT2D eigenvalue weighted by molar-refractivity contribution is -0.143. The van der Waals surface area contributed by atoms with Crippen LogP contribution in [0, 0.1) is 5.92 Å². The number of carbonyl (C=O) groups excluding carboxylic acids is 2. The number of nitrogens with one attached hydrogen (secondary N) is 2. The van der Waals surface area contributed by atoms with Crippen LogP contribution in [0.25, 0.3) is 0 Å². The minimum absolute atomic E-state index is 0.275. The number of hydrogen-bond acceptors (Lipinski definition) is 3. The first-order valence-electron chi connectivity index (χ1n) is 7.21. The van der Waals surface area contributed by atoms with Crippen LogP contribution in [0.4, 0.5) is 10.5 Å². The second-order valence-electron chi connectivity index (χ2n) is 5.31. The maximum absolute atomic E-state index is 12.1. The number of amides is 2. The van der Waals surface area contributed by atoms with E-state index in [-0.39, 0.29) is 5.92 Å². The fourth-order valence-electron chi connectivity index (χ4n) is 2.09. The monoisotopic (exact) mass is 292 g/mol. The second-order valence-corrected chi connectivity index (χ2v) is 5.31. The molecule has 21 heavy (non-hydrogen) atoms. The highest BCUT2D eigenvalue weighted by Crippen LogP contribution is 2.15. The molecule has 0 saturated heterocycles. The standard InChI is InChI=1S/C16H24N2O3/c1-5-12-8-6-7-9-13(12)17-16(20)18-14(10-11(2)3)15(19)21-4/h6-9,11,14H,5,10H2,1-4H3,(H2,17,18,20). The summed E-state index contributed by atoms with van der Waals surface area (Å²) in [7, 11) is 1.32. The smallest absolute Gasteiger partial charge is 0.328 e. The molecule has 0 saturated carbocycles. The number of anilines is 1. The number of carbonyl (C=O) groups is 2. The Morgan fingerprint density at radius 2 is 1.90 bits per heavy atom. The van der Waals surface area contributed by atoms with E-state index in [1.54, 1.807) is 0 Å². The molecule has 5 nitrogen and oxygen atoms in total. The first kappa shape index (κ1) is 17.0. The lowest BCUT2D eigenvalue weighted by Gasteiger charge is -2.19. The molecule has 0 fully saturated rings. The molecule has 0 radical (unpaired) electrons. The van der Waals surface area contributed by atoms with Gasteiger partial charge in [0.2, 0.25) is 0 Å². The SMILES string of the molecule is CCc1ccccc1NC(=O)NC(CC(C)C)C(=O)OC. The zero-order chi connectivity index (χ0) is 15.8. The van der Waals surface area contributed by atoms with E-state index in [1.165, 1.54) is 7.11 Å². The largest absolute Gasteiger partial charge is 0.467 e. The molecular weight excluding hydrogens is 268 g/mol. The van der Waals surface area contributed by atoms with Crippen LogP contribution in [0.2, 0.25) is 0 Å². The van der Waals surface area contributed by atoms with Gasteiger partial charge in [-0.25, -0.2) is 9.59 Å². The van der Waals surface area contributed by atoms with Crippen LogP contribution < -0.4 is 10.6 Å². The Kier molecular flexibility index (Phi) is 6.72. The maximum Gasteiger partial charge on any atom is 0.328 e. The third kappa shape index (κ3) is 5.45. The highest BCUT2D eigenvalue weighted by molar-refractivity contribution is 5.93. The van der Waals surface area contributed by atoms with Gasteiger partial charge >= 0.3 is 12.0 Å². The van der Waals surface area contributed by atoms with Crippen LogP contribution in [0.15, 0.2) is 24.3 Å². The summed E-state index contributed by atoms with van der Waals surface area (Å²) in [6.45, 7) is 6.00. The van der Waals surface area contributed by atoms with Crippen molar-refractivity contribution in [2.24, 2.45) is 5.92 Å². The molecule has 1 aromatic carbocycles. The molecule has 1 rings (SSSR count). The number of ether oxygens (including phenoxy) is 1.